The molecule has 31 heavy (non-hydrogen) atoms. The molecule has 0 aromatic heterocycles. The van der Waals surface area contributed by atoms with E-state index >= 15 is 0 Å². The van der Waals surface area contributed by atoms with Crippen molar-refractivity contribution in [3.63, 3.8) is 0 Å². The third-order valence-electron chi connectivity index (χ3n) is 5.05. The van der Waals surface area contributed by atoms with Crippen molar-refractivity contribution in [2.75, 3.05) is 12.0 Å². The second-order valence-corrected chi connectivity index (χ2v) is 7.88. The number of fused-ring (bicyclic) bond motifs is 1. The summed E-state index contributed by atoms with van der Waals surface area (Å²) >= 11 is 0. The second kappa shape index (κ2) is 9.69. The Hall–Kier alpha value is -3.28. The zero-order chi connectivity index (χ0) is 22.5. The molecule has 0 bridgehead atoms. The number of ether oxygens (including phenoxy) is 3. The summed E-state index contributed by atoms with van der Waals surface area (Å²) in [6.07, 6.45) is 2.86. The number of carbonyl (C=O) groups is 2. The van der Waals surface area contributed by atoms with Gasteiger partial charge in [0.25, 0.3) is 5.91 Å². The van der Waals surface area contributed by atoms with Gasteiger partial charge in [0.1, 0.15) is 0 Å². The lowest BCUT2D eigenvalue weighted by molar-refractivity contribution is -0.149. The van der Waals surface area contributed by atoms with Crippen molar-refractivity contribution in [3.05, 3.63) is 59.7 Å². The Kier molecular flexibility index (Phi) is 7.00. The summed E-state index contributed by atoms with van der Waals surface area (Å²) in [7, 11) is 1.56. The van der Waals surface area contributed by atoms with Crippen LogP contribution in [-0.2, 0) is 20.7 Å². The number of rotatable bonds is 7. The van der Waals surface area contributed by atoms with Gasteiger partial charge in [-0.3, -0.25) is 4.79 Å². The highest BCUT2D eigenvalue weighted by atomic mass is 16.5. The van der Waals surface area contributed by atoms with E-state index in [0.717, 1.165) is 23.2 Å². The number of esters is 1. The summed E-state index contributed by atoms with van der Waals surface area (Å²) < 4.78 is 16.4. The summed E-state index contributed by atoms with van der Waals surface area (Å²) in [5.74, 6) is 0.407. The molecule has 6 nitrogen and oxygen atoms in total. The van der Waals surface area contributed by atoms with Gasteiger partial charge in [-0.1, -0.05) is 24.3 Å². The number of carbonyl (C=O) groups excluding carboxylic acids is 2. The Morgan fingerprint density at radius 1 is 1.10 bits per heavy atom. The highest BCUT2D eigenvalue weighted by molar-refractivity contribution is 6.00. The SMILES string of the molecule is COc1cc(/C=C/C(=O)O[C@@H](C)C(=O)N2c3ccccc3C[C@@H]2C)ccc1OC(C)C. The predicted molar refractivity (Wildman–Crippen MR) is 120 cm³/mol. The molecule has 2 aromatic carbocycles. The highest BCUT2D eigenvalue weighted by Crippen LogP contribution is 2.32. The normalized spacial score (nSPS) is 16.3. The monoisotopic (exact) mass is 423 g/mol. The Labute approximate surface area is 183 Å². The van der Waals surface area contributed by atoms with Gasteiger partial charge < -0.3 is 19.1 Å². The zero-order valence-corrected chi connectivity index (χ0v) is 18.6. The lowest BCUT2D eigenvalue weighted by atomic mass is 10.1. The Morgan fingerprint density at radius 3 is 2.55 bits per heavy atom. The van der Waals surface area contributed by atoms with Crippen LogP contribution in [0, 0.1) is 0 Å². The van der Waals surface area contributed by atoms with Gasteiger partial charge in [-0.05, 0) is 69.5 Å². The van der Waals surface area contributed by atoms with Gasteiger partial charge >= 0.3 is 5.97 Å². The second-order valence-electron chi connectivity index (χ2n) is 7.88. The molecule has 0 N–H and O–H groups in total. The molecule has 0 radical (unpaired) electrons. The molecule has 1 aliphatic rings. The standard InChI is InChI=1S/C25H29NO5/c1-16(2)30-22-12-10-19(15-23(22)29-5)11-13-24(27)31-18(4)25(28)26-17(3)14-20-8-6-7-9-21(20)26/h6-13,15-18H,14H2,1-5H3/b13-11+/t17-,18-/m0/s1. The van der Waals surface area contributed by atoms with Crippen LogP contribution in [0.1, 0.15) is 38.8 Å². The maximum atomic E-state index is 12.9. The number of methoxy groups -OCH3 is 1. The summed E-state index contributed by atoms with van der Waals surface area (Å²) in [6.45, 7) is 7.47. The van der Waals surface area contributed by atoms with E-state index in [2.05, 4.69) is 0 Å². The van der Waals surface area contributed by atoms with E-state index in [4.69, 9.17) is 14.2 Å². The molecule has 6 heteroatoms. The largest absolute Gasteiger partial charge is 0.493 e. The van der Waals surface area contributed by atoms with Crippen molar-refractivity contribution in [2.24, 2.45) is 0 Å². The lowest BCUT2D eigenvalue weighted by Gasteiger charge is -2.25. The maximum Gasteiger partial charge on any atom is 0.331 e. The van der Waals surface area contributed by atoms with Crippen LogP contribution in [0.25, 0.3) is 6.08 Å². The lowest BCUT2D eigenvalue weighted by Crippen LogP contribution is -2.43. The van der Waals surface area contributed by atoms with E-state index in [-0.39, 0.29) is 18.1 Å². The molecule has 1 aliphatic heterocycles. The van der Waals surface area contributed by atoms with Crippen molar-refractivity contribution in [2.45, 2.75) is 52.4 Å². The Morgan fingerprint density at radius 2 is 1.84 bits per heavy atom. The number of para-hydroxylation sites is 1. The van der Waals surface area contributed by atoms with E-state index in [1.54, 1.807) is 37.1 Å². The first-order valence-corrected chi connectivity index (χ1v) is 10.4. The zero-order valence-electron chi connectivity index (χ0n) is 18.6. The van der Waals surface area contributed by atoms with Gasteiger partial charge in [0, 0.05) is 17.8 Å². The number of anilines is 1. The summed E-state index contributed by atoms with van der Waals surface area (Å²) in [6, 6.07) is 13.2. The van der Waals surface area contributed by atoms with Gasteiger partial charge in [0.15, 0.2) is 17.6 Å². The first kappa shape index (κ1) is 22.4. The number of nitrogens with zero attached hydrogens (tertiary/aromatic N) is 1. The molecule has 1 heterocycles. The molecular weight excluding hydrogens is 394 g/mol. The fourth-order valence-corrected chi connectivity index (χ4v) is 3.66. The Balaban J connectivity index is 1.64. The van der Waals surface area contributed by atoms with Crippen molar-refractivity contribution >= 4 is 23.6 Å². The maximum absolute atomic E-state index is 12.9. The molecule has 2 aromatic rings. The van der Waals surface area contributed by atoms with Crippen LogP contribution < -0.4 is 14.4 Å². The summed E-state index contributed by atoms with van der Waals surface area (Å²) in [5.41, 5.74) is 2.76. The minimum absolute atomic E-state index is 0.0228. The quantitative estimate of drug-likeness (QED) is 0.488. The summed E-state index contributed by atoms with van der Waals surface area (Å²) in [5, 5.41) is 0. The molecule has 0 saturated heterocycles. The number of benzene rings is 2. The third kappa shape index (κ3) is 5.26. The first-order chi connectivity index (χ1) is 14.8. The predicted octanol–water partition coefficient (Wildman–Crippen LogP) is 4.41. The van der Waals surface area contributed by atoms with Crippen LogP contribution in [0.5, 0.6) is 11.5 Å². The molecule has 164 valence electrons. The van der Waals surface area contributed by atoms with Gasteiger partial charge in [0.05, 0.1) is 13.2 Å². The number of amides is 1. The van der Waals surface area contributed by atoms with Crippen molar-refractivity contribution in [1.82, 2.24) is 0 Å². The molecule has 0 unspecified atom stereocenters. The van der Waals surface area contributed by atoms with E-state index in [9.17, 15) is 9.59 Å². The highest BCUT2D eigenvalue weighted by Gasteiger charge is 2.34. The fourth-order valence-electron chi connectivity index (χ4n) is 3.66. The van der Waals surface area contributed by atoms with E-state index in [0.29, 0.717) is 11.5 Å². The minimum Gasteiger partial charge on any atom is -0.493 e. The smallest absolute Gasteiger partial charge is 0.331 e. The molecule has 2 atom stereocenters. The van der Waals surface area contributed by atoms with Crippen LogP contribution in [0.2, 0.25) is 0 Å². The fraction of sp³-hybridized carbons (Fsp3) is 0.360. The van der Waals surface area contributed by atoms with Gasteiger partial charge in [-0.2, -0.15) is 0 Å². The molecule has 0 spiro atoms. The molecule has 1 amide bonds. The van der Waals surface area contributed by atoms with Gasteiger partial charge in [0.2, 0.25) is 0 Å². The number of hydrogen-bond donors (Lipinski definition) is 0. The average Bonchev–Trinajstić information content (AvgIpc) is 3.07. The van der Waals surface area contributed by atoms with E-state index in [1.807, 2.05) is 51.1 Å². The van der Waals surface area contributed by atoms with Crippen molar-refractivity contribution in [3.8, 4) is 11.5 Å². The van der Waals surface area contributed by atoms with E-state index in [1.165, 1.54) is 6.08 Å². The first-order valence-electron chi connectivity index (χ1n) is 10.4. The van der Waals surface area contributed by atoms with Crippen molar-refractivity contribution < 1.29 is 23.8 Å². The topological polar surface area (TPSA) is 65.1 Å². The van der Waals surface area contributed by atoms with Crippen LogP contribution in [0.3, 0.4) is 0 Å². The minimum atomic E-state index is -0.887. The third-order valence-corrected chi connectivity index (χ3v) is 5.05. The number of hydrogen-bond acceptors (Lipinski definition) is 5. The Bertz CT molecular complexity index is 982. The van der Waals surface area contributed by atoms with E-state index < -0.39 is 12.1 Å². The molecule has 0 saturated carbocycles. The van der Waals surface area contributed by atoms with Crippen molar-refractivity contribution in [1.29, 1.82) is 0 Å². The van der Waals surface area contributed by atoms with Crippen LogP contribution in [0.15, 0.2) is 48.5 Å². The van der Waals surface area contributed by atoms with Gasteiger partial charge in [-0.15, -0.1) is 0 Å². The summed E-state index contributed by atoms with van der Waals surface area (Å²) in [4.78, 5) is 27.0. The molecule has 0 fully saturated rings. The van der Waals surface area contributed by atoms with Crippen LogP contribution in [-0.4, -0.2) is 37.2 Å². The van der Waals surface area contributed by atoms with Gasteiger partial charge in [-0.25, -0.2) is 4.79 Å². The molecule has 3 rings (SSSR count). The average molecular weight is 424 g/mol. The molecule has 0 aliphatic carbocycles. The molecular formula is C25H29NO5. The van der Waals surface area contributed by atoms with Crippen LogP contribution >= 0.6 is 0 Å². The van der Waals surface area contributed by atoms with Crippen LogP contribution in [0.4, 0.5) is 5.69 Å².